The first-order valence-electron chi connectivity index (χ1n) is 12.9. The van der Waals surface area contributed by atoms with Crippen molar-refractivity contribution in [2.75, 3.05) is 0 Å². The zero-order valence-electron chi connectivity index (χ0n) is 20.9. The third kappa shape index (κ3) is 3.42. The van der Waals surface area contributed by atoms with Crippen molar-refractivity contribution in [2.24, 2.45) is 0 Å². The van der Waals surface area contributed by atoms with Crippen LogP contribution in [0.4, 0.5) is 0 Å². The van der Waals surface area contributed by atoms with Gasteiger partial charge in [0.1, 0.15) is 22.1 Å². The van der Waals surface area contributed by atoms with Crippen molar-refractivity contribution in [3.63, 3.8) is 0 Å². The maximum atomic E-state index is 4.60. The molecule has 0 fully saturated rings. The van der Waals surface area contributed by atoms with Gasteiger partial charge in [-0.3, -0.25) is 19.9 Å². The number of nitrogens with zero attached hydrogens (tertiary/aromatic N) is 6. The van der Waals surface area contributed by atoms with E-state index in [0.717, 1.165) is 61.9 Å². The Kier molecular flexibility index (Phi) is 4.79. The zero-order valence-corrected chi connectivity index (χ0v) is 20.9. The lowest BCUT2D eigenvalue weighted by Crippen LogP contribution is -1.96. The second-order valence-electron chi connectivity index (χ2n) is 9.67. The van der Waals surface area contributed by atoms with Crippen LogP contribution in [-0.4, -0.2) is 29.1 Å². The summed E-state index contributed by atoms with van der Waals surface area (Å²) in [4.78, 5) is 18.4. The fourth-order valence-corrected chi connectivity index (χ4v) is 5.62. The third-order valence-corrected chi connectivity index (χ3v) is 7.36. The van der Waals surface area contributed by atoms with Gasteiger partial charge >= 0.3 is 0 Å². The first-order valence-corrected chi connectivity index (χ1v) is 12.9. The Morgan fingerprint density at radius 3 is 1.00 bits per heavy atom. The van der Waals surface area contributed by atoms with Gasteiger partial charge in [0.05, 0.1) is 22.1 Å². The number of rotatable bonds is 4. The van der Waals surface area contributed by atoms with Gasteiger partial charge in [0.25, 0.3) is 0 Å². The van der Waals surface area contributed by atoms with E-state index in [0.29, 0.717) is 0 Å². The summed E-state index contributed by atoms with van der Waals surface area (Å²) in [6, 6.07) is 33.8. The molecule has 0 bridgehead atoms. The van der Waals surface area contributed by atoms with Crippen LogP contribution in [-0.2, 0) is 6.42 Å². The van der Waals surface area contributed by atoms with Crippen LogP contribution < -0.4 is 0 Å². The van der Waals surface area contributed by atoms with Crippen LogP contribution in [0.2, 0.25) is 0 Å². The van der Waals surface area contributed by atoms with E-state index < -0.39 is 0 Å². The molecule has 8 aromatic rings. The number of pyridine rings is 4. The van der Waals surface area contributed by atoms with Gasteiger partial charge in [-0.15, -0.1) is 0 Å². The average Bonchev–Trinajstić information content (AvgIpc) is 3.51. The molecule has 0 unspecified atom stereocenters. The molecule has 184 valence electrons. The summed E-state index contributed by atoms with van der Waals surface area (Å²) in [5.74, 6) is 0. The molecule has 0 saturated carbocycles. The van der Waals surface area contributed by atoms with E-state index in [9.17, 15) is 0 Å². The SMILES string of the molecule is c1cnc2c3ncccc3n(-c3ccc(Cc4ccc(-n5c6cccnc6c6ncccc65)cc4)cc3)c2c1. The Balaban J connectivity index is 1.12. The maximum Gasteiger partial charge on any atom is 0.115 e. The van der Waals surface area contributed by atoms with Crippen molar-refractivity contribution in [3.8, 4) is 11.4 Å². The van der Waals surface area contributed by atoms with E-state index >= 15 is 0 Å². The Hall–Kier alpha value is -5.36. The molecule has 0 saturated heterocycles. The Bertz CT molecular complexity index is 1870. The highest BCUT2D eigenvalue weighted by molar-refractivity contribution is 6.05. The minimum absolute atomic E-state index is 0.854. The summed E-state index contributed by atoms with van der Waals surface area (Å²) in [5.41, 5.74) is 12.7. The molecule has 0 radical (unpaired) electrons. The molecule has 0 aliphatic heterocycles. The van der Waals surface area contributed by atoms with Crippen molar-refractivity contribution >= 4 is 44.1 Å². The van der Waals surface area contributed by atoms with Gasteiger partial charge in [0.2, 0.25) is 0 Å². The first kappa shape index (κ1) is 21.7. The minimum Gasteiger partial charge on any atom is -0.306 e. The molecule has 6 nitrogen and oxygen atoms in total. The van der Waals surface area contributed by atoms with Crippen molar-refractivity contribution in [3.05, 3.63) is 133 Å². The number of hydrogen-bond donors (Lipinski definition) is 0. The molecule has 0 amide bonds. The van der Waals surface area contributed by atoms with Crippen LogP contribution in [0.1, 0.15) is 11.1 Å². The molecular formula is C33H22N6. The van der Waals surface area contributed by atoms with Crippen molar-refractivity contribution < 1.29 is 0 Å². The minimum atomic E-state index is 0.854. The van der Waals surface area contributed by atoms with Gasteiger partial charge in [0, 0.05) is 36.2 Å². The Morgan fingerprint density at radius 2 is 0.692 bits per heavy atom. The van der Waals surface area contributed by atoms with Crippen LogP contribution in [0.3, 0.4) is 0 Å². The van der Waals surface area contributed by atoms with E-state index in [-0.39, 0.29) is 0 Å². The monoisotopic (exact) mass is 502 g/mol. The molecule has 0 spiro atoms. The maximum absolute atomic E-state index is 4.60. The molecule has 0 aliphatic carbocycles. The smallest absolute Gasteiger partial charge is 0.115 e. The molecule has 6 aromatic heterocycles. The fraction of sp³-hybridized carbons (Fsp3) is 0.0303. The number of hydrogen-bond acceptors (Lipinski definition) is 4. The van der Waals surface area contributed by atoms with Crippen molar-refractivity contribution in [1.82, 2.24) is 29.1 Å². The zero-order chi connectivity index (χ0) is 25.8. The summed E-state index contributed by atoms with van der Waals surface area (Å²) in [7, 11) is 0. The van der Waals surface area contributed by atoms with Gasteiger partial charge in [-0.2, -0.15) is 0 Å². The lowest BCUT2D eigenvalue weighted by atomic mass is 10.0. The molecule has 0 atom stereocenters. The van der Waals surface area contributed by atoms with Gasteiger partial charge in [-0.25, -0.2) is 0 Å². The average molecular weight is 503 g/mol. The number of benzene rings is 2. The summed E-state index contributed by atoms with van der Waals surface area (Å²) >= 11 is 0. The van der Waals surface area contributed by atoms with Gasteiger partial charge in [-0.05, 0) is 90.3 Å². The quantitative estimate of drug-likeness (QED) is 0.259. The lowest BCUT2D eigenvalue weighted by molar-refractivity contribution is 1.13. The van der Waals surface area contributed by atoms with E-state index in [1.54, 1.807) is 0 Å². The summed E-state index contributed by atoms with van der Waals surface area (Å²) in [6.45, 7) is 0. The third-order valence-electron chi connectivity index (χ3n) is 7.36. The topological polar surface area (TPSA) is 61.4 Å². The number of fused-ring (bicyclic) bond motifs is 6. The fourth-order valence-electron chi connectivity index (χ4n) is 5.62. The van der Waals surface area contributed by atoms with Gasteiger partial charge in [-0.1, -0.05) is 24.3 Å². The molecule has 6 heterocycles. The van der Waals surface area contributed by atoms with Crippen LogP contribution in [0, 0.1) is 0 Å². The van der Waals surface area contributed by atoms with Crippen LogP contribution in [0.15, 0.2) is 122 Å². The van der Waals surface area contributed by atoms with Crippen molar-refractivity contribution in [1.29, 1.82) is 0 Å². The summed E-state index contributed by atoms with van der Waals surface area (Å²) in [6.07, 6.45) is 8.15. The van der Waals surface area contributed by atoms with E-state index in [1.807, 2.05) is 49.1 Å². The highest BCUT2D eigenvalue weighted by Crippen LogP contribution is 2.31. The van der Waals surface area contributed by atoms with Gasteiger partial charge < -0.3 is 9.13 Å². The number of aromatic nitrogens is 6. The molecule has 39 heavy (non-hydrogen) atoms. The normalized spacial score (nSPS) is 11.7. The molecule has 2 aromatic carbocycles. The van der Waals surface area contributed by atoms with E-state index in [4.69, 9.17) is 0 Å². The van der Waals surface area contributed by atoms with E-state index in [1.165, 1.54) is 11.1 Å². The highest BCUT2D eigenvalue weighted by Gasteiger charge is 2.15. The Morgan fingerprint density at radius 1 is 0.385 bits per heavy atom. The Labute approximate surface area is 223 Å². The second-order valence-corrected chi connectivity index (χ2v) is 9.67. The standard InChI is InChI=1S/C33H22N6/c1-5-26-30(34-17-1)31-27(6-2-18-35-31)38(26)24-13-9-22(10-14-24)21-23-11-15-25(16-12-23)39-28-7-3-19-36-32(28)33-29(39)8-4-20-37-33/h1-20H,21H2. The lowest BCUT2D eigenvalue weighted by Gasteiger charge is -2.10. The van der Waals surface area contributed by atoms with E-state index in [2.05, 4.69) is 102 Å². The predicted octanol–water partition coefficient (Wildman–Crippen LogP) is 7.05. The summed E-state index contributed by atoms with van der Waals surface area (Å²) < 4.78 is 4.47. The molecular weight excluding hydrogens is 480 g/mol. The van der Waals surface area contributed by atoms with Crippen LogP contribution in [0.25, 0.3) is 55.5 Å². The molecule has 8 rings (SSSR count). The van der Waals surface area contributed by atoms with Crippen LogP contribution >= 0.6 is 0 Å². The molecule has 0 aliphatic rings. The molecule has 6 heteroatoms. The summed E-state index contributed by atoms with van der Waals surface area (Å²) in [5, 5.41) is 0. The van der Waals surface area contributed by atoms with Crippen LogP contribution in [0.5, 0.6) is 0 Å². The van der Waals surface area contributed by atoms with Gasteiger partial charge in [0.15, 0.2) is 0 Å². The highest BCUT2D eigenvalue weighted by atomic mass is 15.0. The first-order chi connectivity index (χ1) is 19.3. The molecule has 0 N–H and O–H groups in total. The second kappa shape index (κ2) is 8.60. The predicted molar refractivity (Wildman–Crippen MR) is 156 cm³/mol. The van der Waals surface area contributed by atoms with Crippen molar-refractivity contribution in [2.45, 2.75) is 6.42 Å². The largest absolute Gasteiger partial charge is 0.306 e.